The van der Waals surface area contributed by atoms with Gasteiger partial charge in [0.2, 0.25) is 0 Å². The van der Waals surface area contributed by atoms with Crippen molar-refractivity contribution in [2.45, 2.75) is 12.7 Å². The van der Waals surface area contributed by atoms with Gasteiger partial charge in [-0.05, 0) is 29.8 Å². The van der Waals surface area contributed by atoms with Crippen LogP contribution in [-0.4, -0.2) is 27.9 Å². The highest BCUT2D eigenvalue weighted by molar-refractivity contribution is 5.93. The predicted octanol–water partition coefficient (Wildman–Crippen LogP) is 3.53. The number of rotatable bonds is 5. The van der Waals surface area contributed by atoms with Crippen molar-refractivity contribution < 1.29 is 18.0 Å². The standard InChI is InChI=1S/C19H16F3N5O/c1-23-18(28)14-4-2-12(3-5-14)11-25-16-10-15(19(20,21)22)26-17(27-16)13-6-8-24-9-7-13/h2-10H,11H2,1H3,(H,23,28)(H,25,26,27). The zero-order valence-corrected chi connectivity index (χ0v) is 14.8. The summed E-state index contributed by atoms with van der Waals surface area (Å²) in [6.45, 7) is 0.234. The number of hydrogen-bond donors (Lipinski definition) is 2. The van der Waals surface area contributed by atoms with Crippen LogP contribution in [0.25, 0.3) is 11.4 Å². The summed E-state index contributed by atoms with van der Waals surface area (Å²) >= 11 is 0. The van der Waals surface area contributed by atoms with Crippen LogP contribution in [0.2, 0.25) is 0 Å². The number of carbonyl (C=O) groups is 1. The van der Waals surface area contributed by atoms with Crippen LogP contribution < -0.4 is 10.6 Å². The molecular weight excluding hydrogens is 371 g/mol. The van der Waals surface area contributed by atoms with Gasteiger partial charge in [-0.15, -0.1) is 0 Å². The van der Waals surface area contributed by atoms with E-state index in [-0.39, 0.29) is 24.1 Å². The number of hydrogen-bond acceptors (Lipinski definition) is 5. The predicted molar refractivity (Wildman–Crippen MR) is 97.4 cm³/mol. The third-order valence-electron chi connectivity index (χ3n) is 3.87. The van der Waals surface area contributed by atoms with Gasteiger partial charge in [-0.1, -0.05) is 12.1 Å². The minimum Gasteiger partial charge on any atom is -0.366 e. The topological polar surface area (TPSA) is 79.8 Å². The van der Waals surface area contributed by atoms with Gasteiger partial charge in [-0.2, -0.15) is 13.2 Å². The van der Waals surface area contributed by atoms with Crippen LogP contribution in [0.3, 0.4) is 0 Å². The fourth-order valence-corrected chi connectivity index (χ4v) is 2.42. The molecule has 3 rings (SSSR count). The van der Waals surface area contributed by atoms with Crippen LogP contribution in [0.15, 0.2) is 54.9 Å². The second-order valence-electron chi connectivity index (χ2n) is 5.83. The van der Waals surface area contributed by atoms with Gasteiger partial charge >= 0.3 is 6.18 Å². The van der Waals surface area contributed by atoms with E-state index in [2.05, 4.69) is 25.6 Å². The number of nitrogens with one attached hydrogen (secondary N) is 2. The number of carbonyl (C=O) groups excluding carboxylic acids is 1. The number of benzene rings is 1. The molecule has 0 aliphatic heterocycles. The van der Waals surface area contributed by atoms with E-state index in [9.17, 15) is 18.0 Å². The molecule has 1 aromatic carbocycles. The van der Waals surface area contributed by atoms with Gasteiger partial charge in [0, 0.05) is 43.2 Å². The monoisotopic (exact) mass is 387 g/mol. The lowest BCUT2D eigenvalue weighted by Crippen LogP contribution is -2.17. The van der Waals surface area contributed by atoms with Crippen molar-refractivity contribution in [1.29, 1.82) is 0 Å². The second kappa shape index (κ2) is 8.03. The average Bonchev–Trinajstić information content (AvgIpc) is 2.72. The molecule has 0 fully saturated rings. The van der Waals surface area contributed by atoms with Crippen molar-refractivity contribution in [2.75, 3.05) is 12.4 Å². The number of alkyl halides is 3. The third kappa shape index (κ3) is 4.61. The highest BCUT2D eigenvalue weighted by atomic mass is 19.4. The first kappa shape index (κ1) is 19.3. The number of amides is 1. The fraction of sp³-hybridized carbons (Fsp3) is 0.158. The molecule has 2 heterocycles. The van der Waals surface area contributed by atoms with Crippen LogP contribution in [0.1, 0.15) is 21.6 Å². The molecule has 1 amide bonds. The molecule has 28 heavy (non-hydrogen) atoms. The SMILES string of the molecule is CNC(=O)c1ccc(CNc2cc(C(F)(F)F)nc(-c3ccncc3)n2)cc1. The number of aromatic nitrogens is 3. The van der Waals surface area contributed by atoms with Crippen molar-refractivity contribution in [3.8, 4) is 11.4 Å². The Hall–Kier alpha value is -3.49. The largest absolute Gasteiger partial charge is 0.433 e. The van der Waals surface area contributed by atoms with Crippen LogP contribution in [0.5, 0.6) is 0 Å². The molecule has 3 aromatic rings. The molecule has 2 N–H and O–H groups in total. The summed E-state index contributed by atoms with van der Waals surface area (Å²) in [7, 11) is 1.53. The summed E-state index contributed by atoms with van der Waals surface area (Å²) in [5, 5.41) is 5.40. The van der Waals surface area contributed by atoms with E-state index >= 15 is 0 Å². The fourth-order valence-electron chi connectivity index (χ4n) is 2.42. The van der Waals surface area contributed by atoms with E-state index in [1.165, 1.54) is 31.6 Å². The Morgan fingerprint density at radius 2 is 1.71 bits per heavy atom. The molecule has 0 radical (unpaired) electrons. The van der Waals surface area contributed by atoms with E-state index in [1.54, 1.807) is 24.3 Å². The maximum atomic E-state index is 13.2. The maximum absolute atomic E-state index is 13.2. The van der Waals surface area contributed by atoms with Crippen molar-refractivity contribution in [3.63, 3.8) is 0 Å². The van der Waals surface area contributed by atoms with Crippen LogP contribution in [0.4, 0.5) is 19.0 Å². The molecule has 0 aliphatic carbocycles. The van der Waals surface area contributed by atoms with Crippen LogP contribution in [-0.2, 0) is 12.7 Å². The Balaban J connectivity index is 1.84. The lowest BCUT2D eigenvalue weighted by atomic mass is 10.1. The van der Waals surface area contributed by atoms with Gasteiger partial charge in [0.25, 0.3) is 5.91 Å². The average molecular weight is 387 g/mol. The van der Waals surface area contributed by atoms with E-state index < -0.39 is 11.9 Å². The van der Waals surface area contributed by atoms with E-state index in [1.807, 2.05) is 0 Å². The van der Waals surface area contributed by atoms with Gasteiger partial charge in [0.05, 0.1) is 0 Å². The maximum Gasteiger partial charge on any atom is 0.433 e. The summed E-state index contributed by atoms with van der Waals surface area (Å²) < 4.78 is 39.6. The Labute approximate surface area is 158 Å². The summed E-state index contributed by atoms with van der Waals surface area (Å²) in [6, 6.07) is 10.6. The molecule has 0 unspecified atom stereocenters. The smallest absolute Gasteiger partial charge is 0.366 e. The molecule has 9 heteroatoms. The first-order valence-corrected chi connectivity index (χ1v) is 8.28. The molecule has 0 bridgehead atoms. The van der Waals surface area contributed by atoms with Crippen molar-refractivity contribution in [1.82, 2.24) is 20.3 Å². The zero-order valence-electron chi connectivity index (χ0n) is 14.8. The van der Waals surface area contributed by atoms with Crippen molar-refractivity contribution >= 4 is 11.7 Å². The highest BCUT2D eigenvalue weighted by Crippen LogP contribution is 2.30. The Morgan fingerprint density at radius 1 is 1.04 bits per heavy atom. The van der Waals surface area contributed by atoms with Crippen molar-refractivity contribution in [2.24, 2.45) is 0 Å². The summed E-state index contributed by atoms with van der Waals surface area (Å²) in [5.41, 5.74) is 0.670. The summed E-state index contributed by atoms with van der Waals surface area (Å²) in [5.74, 6) is -0.216. The normalized spacial score (nSPS) is 11.1. The molecule has 0 saturated carbocycles. The Morgan fingerprint density at radius 3 is 2.32 bits per heavy atom. The third-order valence-corrected chi connectivity index (χ3v) is 3.87. The summed E-state index contributed by atoms with van der Waals surface area (Å²) in [4.78, 5) is 23.2. The van der Waals surface area contributed by atoms with Crippen molar-refractivity contribution in [3.05, 3.63) is 71.7 Å². The lowest BCUT2D eigenvalue weighted by Gasteiger charge is -2.12. The lowest BCUT2D eigenvalue weighted by molar-refractivity contribution is -0.141. The Bertz CT molecular complexity index is 960. The van der Waals surface area contributed by atoms with Gasteiger partial charge in [0.1, 0.15) is 5.82 Å². The molecule has 0 atom stereocenters. The molecule has 0 aliphatic rings. The molecule has 0 spiro atoms. The van der Waals surface area contributed by atoms with Gasteiger partial charge in [-0.3, -0.25) is 9.78 Å². The molecule has 2 aromatic heterocycles. The van der Waals surface area contributed by atoms with E-state index in [4.69, 9.17) is 0 Å². The first-order valence-electron chi connectivity index (χ1n) is 8.28. The van der Waals surface area contributed by atoms with E-state index in [0.717, 1.165) is 11.6 Å². The highest BCUT2D eigenvalue weighted by Gasteiger charge is 2.33. The first-order chi connectivity index (χ1) is 13.4. The minimum absolute atomic E-state index is 0.0458. The van der Waals surface area contributed by atoms with Gasteiger partial charge < -0.3 is 10.6 Å². The zero-order chi connectivity index (χ0) is 20.1. The molecular formula is C19H16F3N5O. The number of pyridine rings is 1. The Kier molecular flexibility index (Phi) is 5.53. The van der Waals surface area contributed by atoms with Gasteiger partial charge in [-0.25, -0.2) is 9.97 Å². The number of halogens is 3. The summed E-state index contributed by atoms with van der Waals surface area (Å²) in [6.07, 6.45) is -1.68. The molecule has 0 saturated heterocycles. The number of nitrogens with zero attached hydrogens (tertiary/aromatic N) is 3. The molecule has 6 nitrogen and oxygen atoms in total. The van der Waals surface area contributed by atoms with E-state index in [0.29, 0.717) is 11.1 Å². The number of anilines is 1. The quantitative estimate of drug-likeness (QED) is 0.700. The second-order valence-corrected chi connectivity index (χ2v) is 5.83. The van der Waals surface area contributed by atoms with Crippen LogP contribution >= 0.6 is 0 Å². The minimum atomic E-state index is -4.60. The van der Waals surface area contributed by atoms with Gasteiger partial charge in [0.15, 0.2) is 11.5 Å². The molecule has 144 valence electrons. The van der Waals surface area contributed by atoms with Crippen LogP contribution in [0, 0.1) is 0 Å².